The number of nitrogens with one attached hydrogen (secondary N) is 1. The van der Waals surface area contributed by atoms with Crippen LogP contribution in [0.1, 0.15) is 44.0 Å². The standard InChI is InChI=1S/C29H30N4O3S/c1-3-5-17-37-29-31-28-26(32-33-29)22-13-9-10-14-23(22)30-27(36-28)21-15-16-24(25(18-21)34-4-2)35-19-20-11-7-6-8-12-20/h6-16,18,27,30H,3-5,17,19H2,1-2H3/t27-/m0/s1. The Labute approximate surface area is 221 Å². The molecule has 0 amide bonds. The summed E-state index contributed by atoms with van der Waals surface area (Å²) in [7, 11) is 0. The van der Waals surface area contributed by atoms with E-state index >= 15 is 0 Å². The molecule has 190 valence electrons. The molecule has 0 spiro atoms. The highest BCUT2D eigenvalue weighted by Gasteiger charge is 2.27. The summed E-state index contributed by atoms with van der Waals surface area (Å²) in [5, 5.41) is 13.0. The molecule has 37 heavy (non-hydrogen) atoms. The number of hydrogen-bond acceptors (Lipinski definition) is 8. The van der Waals surface area contributed by atoms with Crippen LogP contribution < -0.4 is 19.5 Å². The van der Waals surface area contributed by atoms with Crippen LogP contribution in [-0.2, 0) is 6.61 Å². The smallest absolute Gasteiger partial charge is 0.247 e. The first-order valence-electron chi connectivity index (χ1n) is 12.6. The van der Waals surface area contributed by atoms with Gasteiger partial charge in [-0.3, -0.25) is 0 Å². The van der Waals surface area contributed by atoms with Crippen molar-refractivity contribution in [1.29, 1.82) is 0 Å². The van der Waals surface area contributed by atoms with Crippen LogP contribution >= 0.6 is 11.8 Å². The van der Waals surface area contributed by atoms with Crippen LogP contribution in [0.2, 0.25) is 0 Å². The molecule has 0 aliphatic carbocycles. The van der Waals surface area contributed by atoms with Crippen molar-refractivity contribution in [3.05, 3.63) is 83.9 Å². The van der Waals surface area contributed by atoms with Gasteiger partial charge in [-0.05, 0) is 43.2 Å². The van der Waals surface area contributed by atoms with E-state index < -0.39 is 6.23 Å². The number of anilines is 1. The van der Waals surface area contributed by atoms with Crippen molar-refractivity contribution in [1.82, 2.24) is 15.2 Å². The summed E-state index contributed by atoms with van der Waals surface area (Å²) in [6, 6.07) is 23.9. The normalized spacial score (nSPS) is 13.9. The van der Waals surface area contributed by atoms with E-state index in [-0.39, 0.29) is 0 Å². The molecule has 0 radical (unpaired) electrons. The maximum atomic E-state index is 6.44. The molecular weight excluding hydrogens is 484 g/mol. The van der Waals surface area contributed by atoms with Crippen molar-refractivity contribution < 1.29 is 14.2 Å². The highest BCUT2D eigenvalue weighted by Crippen LogP contribution is 2.41. The molecule has 0 saturated heterocycles. The number of benzene rings is 3. The molecular formula is C29H30N4O3S. The average molecular weight is 515 g/mol. The zero-order chi connectivity index (χ0) is 25.5. The molecule has 1 atom stereocenters. The van der Waals surface area contributed by atoms with Gasteiger partial charge in [-0.15, -0.1) is 10.2 Å². The van der Waals surface area contributed by atoms with E-state index in [1.54, 1.807) is 11.8 Å². The highest BCUT2D eigenvalue weighted by atomic mass is 32.2. The van der Waals surface area contributed by atoms with Gasteiger partial charge in [0.15, 0.2) is 23.4 Å². The number of aromatic nitrogens is 3. The number of para-hydroxylation sites is 1. The number of fused-ring (bicyclic) bond motifs is 3. The van der Waals surface area contributed by atoms with Gasteiger partial charge in [-0.25, -0.2) is 0 Å². The summed E-state index contributed by atoms with van der Waals surface area (Å²) in [6.45, 7) is 5.11. The summed E-state index contributed by atoms with van der Waals surface area (Å²) < 4.78 is 18.5. The highest BCUT2D eigenvalue weighted by molar-refractivity contribution is 7.99. The zero-order valence-electron chi connectivity index (χ0n) is 21.0. The lowest BCUT2D eigenvalue weighted by molar-refractivity contribution is 0.223. The Kier molecular flexibility index (Phi) is 8.05. The van der Waals surface area contributed by atoms with Gasteiger partial charge in [0, 0.05) is 22.6 Å². The Bertz CT molecular complexity index is 1340. The lowest BCUT2D eigenvalue weighted by Gasteiger charge is -2.21. The Morgan fingerprint density at radius 2 is 1.76 bits per heavy atom. The number of hydrogen-bond donors (Lipinski definition) is 1. The van der Waals surface area contributed by atoms with Crippen LogP contribution in [0.4, 0.5) is 5.69 Å². The minimum atomic E-state index is -0.505. The molecule has 1 N–H and O–H groups in total. The van der Waals surface area contributed by atoms with E-state index in [1.807, 2.05) is 79.7 Å². The van der Waals surface area contributed by atoms with Crippen LogP contribution in [0.15, 0.2) is 78.0 Å². The fraction of sp³-hybridized carbons (Fsp3) is 0.276. The van der Waals surface area contributed by atoms with E-state index in [1.165, 1.54) is 0 Å². The van der Waals surface area contributed by atoms with Gasteiger partial charge in [-0.1, -0.05) is 73.6 Å². The molecule has 8 heteroatoms. The van der Waals surface area contributed by atoms with E-state index in [0.717, 1.165) is 41.0 Å². The van der Waals surface area contributed by atoms with Crippen LogP contribution in [0, 0.1) is 0 Å². The Morgan fingerprint density at radius 1 is 0.919 bits per heavy atom. The lowest BCUT2D eigenvalue weighted by Crippen LogP contribution is -2.17. The molecule has 2 heterocycles. The van der Waals surface area contributed by atoms with Crippen molar-refractivity contribution in [2.24, 2.45) is 0 Å². The first-order valence-corrected chi connectivity index (χ1v) is 13.6. The van der Waals surface area contributed by atoms with Gasteiger partial charge < -0.3 is 19.5 Å². The molecule has 3 aromatic carbocycles. The van der Waals surface area contributed by atoms with Crippen LogP contribution in [0.5, 0.6) is 17.4 Å². The van der Waals surface area contributed by atoms with Crippen LogP contribution in [0.25, 0.3) is 11.3 Å². The van der Waals surface area contributed by atoms with Gasteiger partial charge in [-0.2, -0.15) is 4.98 Å². The molecule has 1 aromatic heterocycles. The summed E-state index contributed by atoms with van der Waals surface area (Å²) in [5.74, 6) is 2.74. The monoisotopic (exact) mass is 514 g/mol. The summed E-state index contributed by atoms with van der Waals surface area (Å²) in [6.07, 6.45) is 1.71. The maximum absolute atomic E-state index is 6.44. The number of rotatable bonds is 10. The van der Waals surface area contributed by atoms with Crippen LogP contribution in [0.3, 0.4) is 0 Å². The summed E-state index contributed by atoms with van der Waals surface area (Å²) >= 11 is 1.60. The molecule has 0 bridgehead atoms. The third kappa shape index (κ3) is 5.97. The van der Waals surface area contributed by atoms with E-state index in [0.29, 0.717) is 41.4 Å². The largest absolute Gasteiger partial charge is 0.490 e. The second-order valence-electron chi connectivity index (χ2n) is 8.55. The Morgan fingerprint density at radius 3 is 2.59 bits per heavy atom. The fourth-order valence-corrected chi connectivity index (χ4v) is 4.84. The SMILES string of the molecule is CCCCSc1nnc2c(n1)O[C@@H](c1ccc(OCc3ccccc3)c(OCC)c1)Nc1ccccc1-2. The van der Waals surface area contributed by atoms with Gasteiger partial charge in [0.2, 0.25) is 11.0 Å². The number of ether oxygens (including phenoxy) is 3. The van der Waals surface area contributed by atoms with Gasteiger partial charge in [0.05, 0.1) is 6.61 Å². The summed E-state index contributed by atoms with van der Waals surface area (Å²) in [4.78, 5) is 4.73. The molecule has 5 rings (SSSR count). The first-order chi connectivity index (χ1) is 18.2. The van der Waals surface area contributed by atoms with Crippen molar-refractivity contribution in [2.45, 2.75) is 44.7 Å². The van der Waals surface area contributed by atoms with Crippen molar-refractivity contribution in [3.8, 4) is 28.6 Å². The van der Waals surface area contributed by atoms with Crippen molar-refractivity contribution in [2.75, 3.05) is 17.7 Å². The zero-order valence-corrected chi connectivity index (χ0v) is 21.8. The molecule has 0 saturated carbocycles. The number of nitrogens with zero attached hydrogens (tertiary/aromatic N) is 3. The van der Waals surface area contributed by atoms with Gasteiger partial charge in [0.25, 0.3) is 0 Å². The van der Waals surface area contributed by atoms with Gasteiger partial charge >= 0.3 is 0 Å². The Balaban J connectivity index is 1.45. The number of thioether (sulfide) groups is 1. The minimum absolute atomic E-state index is 0.457. The molecule has 1 aliphatic heterocycles. The molecule has 1 aliphatic rings. The molecule has 0 fully saturated rings. The molecule has 0 unspecified atom stereocenters. The third-order valence-corrected chi connectivity index (χ3v) is 6.79. The maximum Gasteiger partial charge on any atom is 0.247 e. The van der Waals surface area contributed by atoms with Crippen LogP contribution in [-0.4, -0.2) is 27.5 Å². The van der Waals surface area contributed by atoms with E-state index in [4.69, 9.17) is 19.2 Å². The quantitative estimate of drug-likeness (QED) is 0.181. The topological polar surface area (TPSA) is 78.4 Å². The number of unbranched alkanes of at least 4 members (excludes halogenated alkanes) is 1. The second kappa shape index (κ2) is 12.0. The molecule has 7 nitrogen and oxygen atoms in total. The lowest BCUT2D eigenvalue weighted by atomic mass is 10.1. The predicted octanol–water partition coefficient (Wildman–Crippen LogP) is 6.91. The predicted molar refractivity (Wildman–Crippen MR) is 146 cm³/mol. The van der Waals surface area contributed by atoms with E-state index in [9.17, 15) is 0 Å². The average Bonchev–Trinajstić information content (AvgIpc) is 3.10. The van der Waals surface area contributed by atoms with Gasteiger partial charge in [0.1, 0.15) is 6.61 Å². The summed E-state index contributed by atoms with van der Waals surface area (Å²) in [5.41, 5.74) is 4.40. The third-order valence-electron chi connectivity index (χ3n) is 5.87. The first kappa shape index (κ1) is 24.9. The van der Waals surface area contributed by atoms with Crippen molar-refractivity contribution in [3.63, 3.8) is 0 Å². The molecule has 4 aromatic rings. The van der Waals surface area contributed by atoms with E-state index in [2.05, 4.69) is 22.4 Å². The minimum Gasteiger partial charge on any atom is -0.490 e. The fourth-order valence-electron chi connectivity index (χ4n) is 3.98. The Hall–Kier alpha value is -3.78. The van der Waals surface area contributed by atoms with Crippen molar-refractivity contribution >= 4 is 17.4 Å². The second-order valence-corrected chi connectivity index (χ2v) is 9.61.